The largest absolute Gasteiger partial charge is 0.460 e. The number of ether oxygens (including phenoxy) is 2. The Morgan fingerprint density at radius 1 is 0.762 bits per heavy atom. The topological polar surface area (TPSA) is 139 Å². The van der Waals surface area contributed by atoms with Gasteiger partial charge in [0.05, 0.1) is 23.7 Å². The van der Waals surface area contributed by atoms with Crippen LogP contribution in [0.3, 0.4) is 0 Å². The van der Waals surface area contributed by atoms with E-state index in [4.69, 9.17) is 9.47 Å². The lowest BCUT2D eigenvalue weighted by atomic mass is 9.53. The zero-order valence-corrected chi connectivity index (χ0v) is 26.7. The molecular formula is C32H50N2O8. The Kier molecular flexibility index (Phi) is 9.99. The monoisotopic (exact) mass is 590 g/mol. The Labute approximate surface area is 250 Å². The maximum Gasteiger partial charge on any atom is 0.307 e. The van der Waals surface area contributed by atoms with Crippen molar-refractivity contribution in [3.05, 3.63) is 43.5 Å². The van der Waals surface area contributed by atoms with Crippen LogP contribution in [0.25, 0.3) is 0 Å². The van der Waals surface area contributed by atoms with Gasteiger partial charge in [0.2, 0.25) is 13.1 Å². The van der Waals surface area contributed by atoms with Crippen LogP contribution in [0.4, 0.5) is 0 Å². The van der Waals surface area contributed by atoms with Gasteiger partial charge in [0.15, 0.2) is 0 Å². The summed E-state index contributed by atoms with van der Waals surface area (Å²) in [7, 11) is 0. The molecule has 0 spiro atoms. The average Bonchev–Trinajstić information content (AvgIpc) is 3.33. The molecule has 10 heteroatoms. The SMILES string of the molecule is CCC1=C[C@@H]2[C@H](C1)C[C@@]2(CC(=O)OC(C)(C)C)C[N+](=O)[O-].CCC1=C[C@H]2[C@@H](C1)C[C@]2(CC(=O)OC(C)(C)C)C[N+](=O)[O-]. The van der Waals surface area contributed by atoms with Gasteiger partial charge in [-0.2, -0.15) is 0 Å². The quantitative estimate of drug-likeness (QED) is 0.118. The summed E-state index contributed by atoms with van der Waals surface area (Å²) in [4.78, 5) is 45.8. The van der Waals surface area contributed by atoms with Crippen molar-refractivity contribution in [2.24, 2.45) is 34.5 Å². The lowest BCUT2D eigenvalue weighted by Crippen LogP contribution is -2.51. The maximum atomic E-state index is 12.1. The number of esters is 2. The molecule has 0 unspecified atom stereocenters. The number of fused-ring (bicyclic) bond motifs is 2. The Morgan fingerprint density at radius 3 is 1.36 bits per heavy atom. The third kappa shape index (κ3) is 8.19. The van der Waals surface area contributed by atoms with Crippen LogP contribution in [0.2, 0.25) is 0 Å². The van der Waals surface area contributed by atoms with Crippen molar-refractivity contribution < 1.29 is 28.9 Å². The van der Waals surface area contributed by atoms with Crippen molar-refractivity contribution in [1.29, 1.82) is 0 Å². The number of nitrogens with zero attached hydrogens (tertiary/aromatic N) is 2. The Hall–Kier alpha value is -2.78. The van der Waals surface area contributed by atoms with E-state index in [1.54, 1.807) is 0 Å². The van der Waals surface area contributed by atoms with Gasteiger partial charge in [-0.15, -0.1) is 0 Å². The van der Waals surface area contributed by atoms with E-state index >= 15 is 0 Å². The smallest absolute Gasteiger partial charge is 0.307 e. The van der Waals surface area contributed by atoms with E-state index in [-0.39, 0.29) is 59.6 Å². The fourth-order valence-corrected chi connectivity index (χ4v) is 7.79. The molecule has 2 fully saturated rings. The summed E-state index contributed by atoms with van der Waals surface area (Å²) < 4.78 is 10.7. The molecular weight excluding hydrogens is 540 g/mol. The molecule has 10 nitrogen and oxygen atoms in total. The zero-order chi connectivity index (χ0) is 31.7. The molecule has 0 aromatic heterocycles. The highest BCUT2D eigenvalue weighted by Crippen LogP contribution is 2.61. The summed E-state index contributed by atoms with van der Waals surface area (Å²) in [6.45, 7) is 14.9. The number of carbonyl (C=O) groups is 2. The van der Waals surface area contributed by atoms with Gasteiger partial charge in [-0.25, -0.2) is 0 Å². The van der Waals surface area contributed by atoms with Gasteiger partial charge in [0, 0.05) is 9.85 Å². The minimum atomic E-state index is -0.546. The van der Waals surface area contributed by atoms with E-state index in [0.29, 0.717) is 11.8 Å². The Bertz CT molecular complexity index is 1040. The van der Waals surface area contributed by atoms with E-state index < -0.39 is 22.0 Å². The molecule has 4 aliphatic rings. The molecule has 0 heterocycles. The van der Waals surface area contributed by atoms with Crippen LogP contribution in [-0.4, -0.2) is 46.1 Å². The van der Waals surface area contributed by atoms with Gasteiger partial charge >= 0.3 is 11.9 Å². The predicted octanol–water partition coefficient (Wildman–Crippen LogP) is 6.72. The molecule has 0 radical (unpaired) electrons. The van der Waals surface area contributed by atoms with Crippen LogP contribution in [0.15, 0.2) is 23.3 Å². The van der Waals surface area contributed by atoms with Gasteiger partial charge in [-0.3, -0.25) is 29.8 Å². The summed E-state index contributed by atoms with van der Waals surface area (Å²) in [5.41, 5.74) is 0.589. The van der Waals surface area contributed by atoms with Gasteiger partial charge in [0.1, 0.15) is 11.2 Å². The number of allylic oxidation sites excluding steroid dienone is 4. The standard InChI is InChI=1S/2C16H25NO4/c2*1-5-11-6-12-8-16(10-17(19)20,13(12)7-11)9-14(18)21-15(2,3)4/h2*7,12-13H,5-6,8-10H2,1-4H3/t2*12-,13-,16-/m10/s1. The van der Waals surface area contributed by atoms with Crippen LogP contribution in [0.1, 0.15) is 107 Å². The van der Waals surface area contributed by atoms with Crippen molar-refractivity contribution in [2.75, 3.05) is 13.1 Å². The second kappa shape index (κ2) is 12.4. The normalized spacial score (nSPS) is 31.1. The molecule has 42 heavy (non-hydrogen) atoms. The molecule has 0 amide bonds. The Morgan fingerprint density at radius 2 is 1.10 bits per heavy atom. The molecule has 4 rings (SSSR count). The summed E-state index contributed by atoms with van der Waals surface area (Å²) >= 11 is 0. The van der Waals surface area contributed by atoms with E-state index in [9.17, 15) is 29.8 Å². The van der Waals surface area contributed by atoms with Gasteiger partial charge in [-0.05, 0) is 104 Å². The first kappa shape index (κ1) is 33.7. The van der Waals surface area contributed by atoms with Crippen LogP contribution in [-0.2, 0) is 19.1 Å². The number of rotatable bonds is 10. The predicted molar refractivity (Wildman–Crippen MR) is 159 cm³/mol. The van der Waals surface area contributed by atoms with E-state index in [0.717, 1.165) is 38.5 Å². The lowest BCUT2D eigenvalue weighted by Gasteiger charge is -2.49. The third-order valence-electron chi connectivity index (χ3n) is 9.28. The fourth-order valence-electron chi connectivity index (χ4n) is 7.79. The van der Waals surface area contributed by atoms with Crippen molar-refractivity contribution in [1.82, 2.24) is 0 Å². The minimum absolute atomic E-state index is 0.138. The van der Waals surface area contributed by atoms with Crippen molar-refractivity contribution in [3.63, 3.8) is 0 Å². The molecule has 0 bridgehead atoms. The Balaban J connectivity index is 0.000000230. The molecule has 0 aliphatic heterocycles. The second-order valence-electron chi connectivity index (χ2n) is 15.0. The molecule has 0 aromatic carbocycles. The minimum Gasteiger partial charge on any atom is -0.460 e. The molecule has 236 valence electrons. The summed E-state index contributed by atoms with van der Waals surface area (Å²) in [5.74, 6) is 0.683. The van der Waals surface area contributed by atoms with Crippen LogP contribution < -0.4 is 0 Å². The first-order chi connectivity index (χ1) is 19.3. The first-order valence-electron chi connectivity index (χ1n) is 15.4. The van der Waals surface area contributed by atoms with E-state index in [1.165, 1.54) is 11.1 Å². The molecule has 0 N–H and O–H groups in total. The van der Waals surface area contributed by atoms with Gasteiger partial charge in [-0.1, -0.05) is 37.1 Å². The summed E-state index contributed by atoms with van der Waals surface area (Å²) in [6, 6.07) is 0. The lowest BCUT2D eigenvalue weighted by molar-refractivity contribution is -0.506. The first-order valence-corrected chi connectivity index (χ1v) is 15.4. The zero-order valence-electron chi connectivity index (χ0n) is 26.7. The van der Waals surface area contributed by atoms with Crippen LogP contribution >= 0.6 is 0 Å². The number of hydrogen-bond donors (Lipinski definition) is 0. The summed E-state index contributed by atoms with van der Waals surface area (Å²) in [5, 5.41) is 22.1. The van der Waals surface area contributed by atoms with Crippen molar-refractivity contribution in [3.8, 4) is 0 Å². The van der Waals surface area contributed by atoms with E-state index in [1.807, 2.05) is 41.5 Å². The van der Waals surface area contributed by atoms with Crippen molar-refractivity contribution >= 4 is 11.9 Å². The molecule has 6 atom stereocenters. The molecule has 0 saturated heterocycles. The third-order valence-corrected chi connectivity index (χ3v) is 9.28. The van der Waals surface area contributed by atoms with Crippen molar-refractivity contribution in [2.45, 2.75) is 118 Å². The highest BCUT2D eigenvalue weighted by molar-refractivity contribution is 5.72. The number of hydrogen-bond acceptors (Lipinski definition) is 8. The average molecular weight is 591 g/mol. The molecule has 2 saturated carbocycles. The fraction of sp³-hybridized carbons (Fsp3) is 0.812. The highest BCUT2D eigenvalue weighted by atomic mass is 16.6. The van der Waals surface area contributed by atoms with E-state index in [2.05, 4.69) is 26.0 Å². The molecule has 4 aliphatic carbocycles. The maximum absolute atomic E-state index is 12.1. The van der Waals surface area contributed by atoms with Gasteiger partial charge in [0.25, 0.3) is 0 Å². The van der Waals surface area contributed by atoms with Gasteiger partial charge < -0.3 is 9.47 Å². The van der Waals surface area contributed by atoms with Crippen LogP contribution in [0, 0.1) is 54.7 Å². The number of nitro groups is 2. The molecule has 0 aromatic rings. The number of carbonyl (C=O) groups excluding carboxylic acids is 2. The second-order valence-corrected chi connectivity index (χ2v) is 15.0. The van der Waals surface area contributed by atoms with Crippen LogP contribution in [0.5, 0.6) is 0 Å². The summed E-state index contributed by atoms with van der Waals surface area (Å²) in [6.07, 6.45) is 10.3. The highest BCUT2D eigenvalue weighted by Gasteiger charge is 2.60.